The van der Waals surface area contributed by atoms with Gasteiger partial charge in [-0.05, 0) is 7.05 Å². The molecule has 0 spiro atoms. The highest BCUT2D eigenvalue weighted by atomic mass is 14.4. The van der Waals surface area contributed by atoms with Crippen LogP contribution in [0.25, 0.3) is 0 Å². The molecule has 46 valence electrons. The largest absolute Gasteiger partial charge is 0.333 e. The zero-order chi connectivity index (χ0) is 7.11. The first-order valence-electron chi connectivity index (χ1n) is 2.78. The van der Waals surface area contributed by atoms with Gasteiger partial charge in [-0.1, -0.05) is 35.8 Å². The smallest absolute Gasteiger partial charge is 0.113 e. The van der Waals surface area contributed by atoms with E-state index in [1.165, 1.54) is 7.05 Å². The van der Waals surface area contributed by atoms with Crippen molar-refractivity contribution in [1.82, 2.24) is 0 Å². The van der Waals surface area contributed by atoms with Crippen molar-refractivity contribution in [1.29, 1.82) is 0 Å². The summed E-state index contributed by atoms with van der Waals surface area (Å²) in [5.74, 6) is 0. The third-order valence-corrected chi connectivity index (χ3v) is 0.800. The summed E-state index contributed by atoms with van der Waals surface area (Å²) in [6.07, 6.45) is 0. The fourth-order valence-electron chi connectivity index (χ4n) is 0.453. The van der Waals surface area contributed by atoms with E-state index in [0.29, 0.717) is 0 Å². The minimum atomic E-state index is 0.822. The fourth-order valence-corrected chi connectivity index (χ4v) is 0.453. The predicted molar refractivity (Wildman–Crippen MR) is 41.9 cm³/mol. The Morgan fingerprint density at radius 1 is 1.11 bits per heavy atom. The SMILES string of the molecule is CN.[B]c1ccccc1. The average molecular weight is 119 g/mol. The monoisotopic (exact) mass is 119 g/mol. The van der Waals surface area contributed by atoms with Gasteiger partial charge in [-0.3, -0.25) is 0 Å². The van der Waals surface area contributed by atoms with Crippen LogP contribution in [-0.4, -0.2) is 14.9 Å². The van der Waals surface area contributed by atoms with Crippen LogP contribution in [0.1, 0.15) is 0 Å². The number of hydrogen-bond acceptors (Lipinski definition) is 1. The first-order chi connectivity index (χ1) is 4.39. The van der Waals surface area contributed by atoms with Crippen LogP contribution in [-0.2, 0) is 0 Å². The van der Waals surface area contributed by atoms with Gasteiger partial charge in [0.15, 0.2) is 0 Å². The summed E-state index contributed by atoms with van der Waals surface area (Å²) < 4.78 is 0. The Morgan fingerprint density at radius 3 is 1.78 bits per heavy atom. The van der Waals surface area contributed by atoms with Gasteiger partial charge in [-0.25, -0.2) is 0 Å². The Morgan fingerprint density at radius 2 is 1.56 bits per heavy atom. The highest BCUT2D eigenvalue weighted by Gasteiger charge is 1.71. The van der Waals surface area contributed by atoms with Crippen LogP contribution in [0.2, 0.25) is 0 Å². The maximum atomic E-state index is 5.36. The van der Waals surface area contributed by atoms with Crippen LogP contribution in [0, 0.1) is 0 Å². The highest BCUT2D eigenvalue weighted by molar-refractivity contribution is 6.32. The third kappa shape index (κ3) is 3.80. The zero-order valence-corrected chi connectivity index (χ0v) is 5.54. The second-order valence-electron chi connectivity index (χ2n) is 1.41. The van der Waals surface area contributed by atoms with E-state index in [1.54, 1.807) is 0 Å². The summed E-state index contributed by atoms with van der Waals surface area (Å²) in [7, 11) is 6.86. The molecule has 1 aromatic rings. The molecule has 1 rings (SSSR count). The van der Waals surface area contributed by atoms with E-state index >= 15 is 0 Å². The molecule has 0 amide bonds. The molecule has 0 saturated heterocycles. The average Bonchev–Trinajstić information content (AvgIpc) is 1.94. The van der Waals surface area contributed by atoms with Crippen molar-refractivity contribution in [3.8, 4) is 0 Å². The van der Waals surface area contributed by atoms with Crippen molar-refractivity contribution in [3.63, 3.8) is 0 Å². The molecule has 0 aliphatic carbocycles. The van der Waals surface area contributed by atoms with Gasteiger partial charge >= 0.3 is 0 Å². The molecule has 0 heterocycles. The third-order valence-electron chi connectivity index (χ3n) is 0.800. The molecule has 0 bridgehead atoms. The first kappa shape index (κ1) is 8.24. The lowest BCUT2D eigenvalue weighted by Crippen LogP contribution is -1.97. The Balaban J connectivity index is 0.000000291. The maximum absolute atomic E-state index is 5.36. The van der Waals surface area contributed by atoms with E-state index in [9.17, 15) is 0 Å². The van der Waals surface area contributed by atoms with Crippen molar-refractivity contribution in [2.45, 2.75) is 0 Å². The number of nitrogens with two attached hydrogens (primary N) is 1. The quantitative estimate of drug-likeness (QED) is 0.480. The standard InChI is InChI=1S/C6H5B.CH5N/c7-6-4-2-1-3-5-6;1-2/h1-5H;2H2,1H3. The molecule has 0 aliphatic rings. The van der Waals surface area contributed by atoms with Gasteiger partial charge in [-0.2, -0.15) is 0 Å². The van der Waals surface area contributed by atoms with Crippen LogP contribution in [0.5, 0.6) is 0 Å². The number of rotatable bonds is 0. The van der Waals surface area contributed by atoms with Gasteiger partial charge < -0.3 is 5.73 Å². The molecule has 9 heavy (non-hydrogen) atoms. The Hall–Kier alpha value is -0.755. The molecule has 1 aromatic carbocycles. The summed E-state index contributed by atoms with van der Waals surface area (Å²) in [6, 6.07) is 9.49. The second-order valence-corrected chi connectivity index (χ2v) is 1.41. The minimum Gasteiger partial charge on any atom is -0.333 e. The molecule has 2 radical (unpaired) electrons. The lowest BCUT2D eigenvalue weighted by atomic mass is 9.97. The van der Waals surface area contributed by atoms with E-state index in [4.69, 9.17) is 7.85 Å². The predicted octanol–water partition coefficient (Wildman–Crippen LogP) is 0.0553. The van der Waals surface area contributed by atoms with E-state index in [1.807, 2.05) is 30.3 Å². The van der Waals surface area contributed by atoms with Gasteiger partial charge in [0, 0.05) is 0 Å². The normalized spacial score (nSPS) is 7.33. The van der Waals surface area contributed by atoms with Crippen molar-refractivity contribution in [2.24, 2.45) is 5.73 Å². The maximum Gasteiger partial charge on any atom is 0.113 e. The van der Waals surface area contributed by atoms with Crippen LogP contribution < -0.4 is 11.2 Å². The van der Waals surface area contributed by atoms with E-state index in [2.05, 4.69) is 5.73 Å². The minimum absolute atomic E-state index is 0.822. The van der Waals surface area contributed by atoms with Crippen molar-refractivity contribution < 1.29 is 0 Å². The molecule has 0 aromatic heterocycles. The molecule has 0 atom stereocenters. The van der Waals surface area contributed by atoms with Crippen LogP contribution in [0.15, 0.2) is 30.3 Å². The number of benzene rings is 1. The van der Waals surface area contributed by atoms with Gasteiger partial charge in [0.2, 0.25) is 0 Å². The highest BCUT2D eigenvalue weighted by Crippen LogP contribution is 1.76. The summed E-state index contributed by atoms with van der Waals surface area (Å²) >= 11 is 0. The summed E-state index contributed by atoms with van der Waals surface area (Å²) in [4.78, 5) is 0. The zero-order valence-electron chi connectivity index (χ0n) is 5.54. The van der Waals surface area contributed by atoms with Gasteiger partial charge in [-0.15, -0.1) is 0 Å². The summed E-state index contributed by atoms with van der Waals surface area (Å²) in [5, 5.41) is 0. The van der Waals surface area contributed by atoms with E-state index in [-0.39, 0.29) is 0 Å². The molecule has 0 unspecified atom stereocenters. The van der Waals surface area contributed by atoms with E-state index in [0.717, 1.165) is 5.46 Å². The molecule has 1 nitrogen and oxygen atoms in total. The van der Waals surface area contributed by atoms with Crippen LogP contribution in [0.3, 0.4) is 0 Å². The molecular weight excluding hydrogens is 109 g/mol. The van der Waals surface area contributed by atoms with Gasteiger partial charge in [0.1, 0.15) is 7.85 Å². The fraction of sp³-hybridized carbons (Fsp3) is 0.143. The summed E-state index contributed by atoms with van der Waals surface area (Å²) in [5.41, 5.74) is 5.32. The lowest BCUT2D eigenvalue weighted by molar-refractivity contribution is 1.48. The topological polar surface area (TPSA) is 26.0 Å². The molecular formula is C7H10BN. The van der Waals surface area contributed by atoms with Crippen molar-refractivity contribution in [3.05, 3.63) is 30.3 Å². The number of hydrogen-bond donors (Lipinski definition) is 1. The molecule has 2 N–H and O–H groups in total. The second kappa shape index (κ2) is 5.38. The molecule has 0 saturated carbocycles. The molecule has 0 aliphatic heterocycles. The summed E-state index contributed by atoms with van der Waals surface area (Å²) in [6.45, 7) is 0. The van der Waals surface area contributed by atoms with Crippen LogP contribution >= 0.6 is 0 Å². The van der Waals surface area contributed by atoms with Crippen LogP contribution in [0.4, 0.5) is 0 Å². The van der Waals surface area contributed by atoms with Gasteiger partial charge in [0.25, 0.3) is 0 Å². The Kier molecular flexibility index (Phi) is 4.93. The molecule has 2 heteroatoms. The lowest BCUT2D eigenvalue weighted by Gasteiger charge is -1.83. The Bertz CT molecular complexity index is 139. The van der Waals surface area contributed by atoms with E-state index < -0.39 is 0 Å². The molecule has 0 fully saturated rings. The Labute approximate surface area is 57.3 Å². The first-order valence-corrected chi connectivity index (χ1v) is 2.78. The van der Waals surface area contributed by atoms with Crippen molar-refractivity contribution in [2.75, 3.05) is 7.05 Å². The van der Waals surface area contributed by atoms with Gasteiger partial charge in [0.05, 0.1) is 0 Å². The van der Waals surface area contributed by atoms with Crippen molar-refractivity contribution >= 4 is 13.3 Å².